The average Bonchev–Trinajstić information content (AvgIpc) is 2.84. The Labute approximate surface area is 139 Å². The molecule has 2 aromatic rings. The molecule has 0 amide bonds. The van der Waals surface area contributed by atoms with Crippen LogP contribution in [0.4, 0.5) is 0 Å². The fourth-order valence-corrected chi connectivity index (χ4v) is 4.64. The number of sulfonamides is 1. The first-order valence-corrected chi connectivity index (χ1v) is 9.57. The van der Waals surface area contributed by atoms with Gasteiger partial charge in [-0.15, -0.1) is 0 Å². The van der Waals surface area contributed by atoms with E-state index in [-0.39, 0.29) is 10.3 Å². The second kappa shape index (κ2) is 6.52. The maximum atomic E-state index is 12.8. The molecule has 0 N–H and O–H groups in total. The molecule has 1 aromatic carbocycles. The zero-order valence-electron chi connectivity index (χ0n) is 13.5. The Kier molecular flexibility index (Phi) is 4.60. The molecule has 1 aromatic heterocycles. The van der Waals surface area contributed by atoms with Crippen molar-refractivity contribution in [2.45, 2.75) is 44.0 Å². The largest absolute Gasteiger partial charge is 0.422 e. The first kappa shape index (κ1) is 16.9. The van der Waals surface area contributed by atoms with Crippen molar-refractivity contribution in [1.82, 2.24) is 8.87 Å². The Balaban J connectivity index is 2.14. The van der Waals surface area contributed by atoms with Crippen LogP contribution in [-0.4, -0.2) is 30.4 Å². The van der Waals surface area contributed by atoms with Gasteiger partial charge in [0.05, 0.1) is 15.8 Å². The van der Waals surface area contributed by atoms with Gasteiger partial charge in [-0.05, 0) is 38.0 Å². The van der Waals surface area contributed by atoms with Crippen LogP contribution in [-0.2, 0) is 16.6 Å². The maximum Gasteiger partial charge on any atom is 0.422 e. The van der Waals surface area contributed by atoms with Crippen LogP contribution >= 0.6 is 0 Å². The van der Waals surface area contributed by atoms with Crippen LogP contribution in [0.15, 0.2) is 37.1 Å². The molecule has 0 spiro atoms. The van der Waals surface area contributed by atoms with Crippen molar-refractivity contribution < 1.29 is 12.8 Å². The van der Waals surface area contributed by atoms with Gasteiger partial charge in [0, 0.05) is 19.6 Å². The van der Waals surface area contributed by atoms with E-state index in [1.165, 1.54) is 27.1 Å². The van der Waals surface area contributed by atoms with Crippen molar-refractivity contribution in [3.63, 3.8) is 0 Å². The lowest BCUT2D eigenvalue weighted by Crippen LogP contribution is -2.32. The Morgan fingerprint density at radius 1 is 1.08 bits per heavy atom. The minimum absolute atomic E-state index is 0.0607. The normalized spacial score (nSPS) is 17.0. The van der Waals surface area contributed by atoms with Crippen molar-refractivity contribution in [3.8, 4) is 0 Å². The topological polar surface area (TPSA) is 89.6 Å². The first-order valence-electron chi connectivity index (χ1n) is 8.13. The van der Waals surface area contributed by atoms with E-state index in [2.05, 4.69) is 4.42 Å². The van der Waals surface area contributed by atoms with Gasteiger partial charge in [-0.2, -0.15) is 4.31 Å². The lowest BCUT2D eigenvalue weighted by molar-refractivity contribution is 0.420. The molecule has 2 heterocycles. The third-order valence-corrected chi connectivity index (χ3v) is 6.29. The van der Waals surface area contributed by atoms with Gasteiger partial charge in [0.15, 0.2) is 0 Å². The van der Waals surface area contributed by atoms with Crippen LogP contribution in [0.25, 0.3) is 10.9 Å². The summed E-state index contributed by atoms with van der Waals surface area (Å²) in [5.74, 6) is -0.738. The third kappa shape index (κ3) is 2.91. The molecule has 0 radical (unpaired) electrons. The number of nitrogens with zero attached hydrogens (tertiary/aromatic N) is 2. The molecule has 0 bridgehead atoms. The number of benzene rings is 1. The number of rotatable bonds is 3. The van der Waals surface area contributed by atoms with Gasteiger partial charge >= 0.3 is 11.4 Å². The number of aryl methyl sites for hydroxylation is 1. The maximum absolute atomic E-state index is 12.8. The summed E-state index contributed by atoms with van der Waals surface area (Å²) in [6, 6.07) is 4.27. The highest BCUT2D eigenvalue weighted by Gasteiger charge is 2.26. The highest BCUT2D eigenvalue weighted by Crippen LogP contribution is 2.22. The summed E-state index contributed by atoms with van der Waals surface area (Å²) in [5, 5.41) is 0.104. The molecule has 3 rings (SSSR count). The molecule has 0 unspecified atom stereocenters. The lowest BCUT2D eigenvalue weighted by atomic mass is 10.2. The number of fused-ring (bicyclic) bond motifs is 1. The van der Waals surface area contributed by atoms with E-state index in [1.54, 1.807) is 6.92 Å². The van der Waals surface area contributed by atoms with Gasteiger partial charge in [0.1, 0.15) is 0 Å². The van der Waals surface area contributed by atoms with E-state index in [1.807, 2.05) is 0 Å². The summed E-state index contributed by atoms with van der Waals surface area (Å²) in [4.78, 5) is 23.8. The van der Waals surface area contributed by atoms with Crippen molar-refractivity contribution in [2.24, 2.45) is 0 Å². The van der Waals surface area contributed by atoms with Gasteiger partial charge in [-0.25, -0.2) is 18.0 Å². The molecule has 24 heavy (non-hydrogen) atoms. The van der Waals surface area contributed by atoms with Crippen molar-refractivity contribution >= 4 is 20.9 Å². The van der Waals surface area contributed by atoms with Crippen LogP contribution in [0.1, 0.15) is 32.6 Å². The van der Waals surface area contributed by atoms with Crippen molar-refractivity contribution in [3.05, 3.63) is 39.2 Å². The molecule has 1 aliphatic heterocycles. The summed E-state index contributed by atoms with van der Waals surface area (Å²) in [6.45, 7) is 3.06. The Hall–Kier alpha value is -1.93. The van der Waals surface area contributed by atoms with Gasteiger partial charge in [-0.3, -0.25) is 4.57 Å². The predicted molar refractivity (Wildman–Crippen MR) is 89.6 cm³/mol. The Morgan fingerprint density at radius 3 is 2.38 bits per heavy atom. The highest BCUT2D eigenvalue weighted by molar-refractivity contribution is 7.89. The second-order valence-corrected chi connectivity index (χ2v) is 7.83. The van der Waals surface area contributed by atoms with Gasteiger partial charge in [-0.1, -0.05) is 12.8 Å². The predicted octanol–water partition coefficient (Wildman–Crippen LogP) is 1.54. The van der Waals surface area contributed by atoms with E-state index in [9.17, 15) is 18.0 Å². The second-order valence-electron chi connectivity index (χ2n) is 5.90. The summed E-state index contributed by atoms with van der Waals surface area (Å²) >= 11 is 0. The third-order valence-electron chi connectivity index (χ3n) is 4.40. The molecular weight excluding hydrogens is 332 g/mol. The molecule has 1 fully saturated rings. The molecule has 8 heteroatoms. The summed E-state index contributed by atoms with van der Waals surface area (Å²) < 4.78 is 33.1. The van der Waals surface area contributed by atoms with Gasteiger partial charge < -0.3 is 4.42 Å². The van der Waals surface area contributed by atoms with E-state index in [4.69, 9.17) is 0 Å². The van der Waals surface area contributed by atoms with E-state index in [0.717, 1.165) is 25.7 Å². The van der Waals surface area contributed by atoms with Crippen LogP contribution in [0, 0.1) is 0 Å². The summed E-state index contributed by atoms with van der Waals surface area (Å²) in [7, 11) is -3.66. The molecular formula is C16H20N2O5S. The number of hydrogen-bond donors (Lipinski definition) is 0. The van der Waals surface area contributed by atoms with Gasteiger partial charge in [0.2, 0.25) is 10.0 Å². The van der Waals surface area contributed by atoms with Gasteiger partial charge in [0.25, 0.3) is 0 Å². The van der Waals surface area contributed by atoms with Crippen LogP contribution in [0.5, 0.6) is 0 Å². The Morgan fingerprint density at radius 2 is 1.75 bits per heavy atom. The van der Waals surface area contributed by atoms with Crippen LogP contribution in [0.3, 0.4) is 0 Å². The van der Waals surface area contributed by atoms with Crippen LogP contribution < -0.4 is 11.4 Å². The smallest absolute Gasteiger partial charge is 0.372 e. The molecule has 0 atom stereocenters. The number of aromatic nitrogens is 1. The monoisotopic (exact) mass is 352 g/mol. The molecule has 0 saturated carbocycles. The van der Waals surface area contributed by atoms with E-state index < -0.39 is 21.4 Å². The van der Waals surface area contributed by atoms with E-state index in [0.29, 0.717) is 25.2 Å². The fourth-order valence-electron chi connectivity index (χ4n) is 3.09. The van der Waals surface area contributed by atoms with Crippen molar-refractivity contribution in [2.75, 3.05) is 13.1 Å². The lowest BCUT2D eigenvalue weighted by Gasteiger charge is -2.20. The van der Waals surface area contributed by atoms with Crippen LogP contribution in [0.2, 0.25) is 0 Å². The molecule has 7 nitrogen and oxygen atoms in total. The quantitative estimate of drug-likeness (QED) is 0.836. The minimum Gasteiger partial charge on any atom is -0.372 e. The number of hydrogen-bond acceptors (Lipinski definition) is 5. The summed E-state index contributed by atoms with van der Waals surface area (Å²) in [6.07, 6.45) is 3.72. The molecule has 130 valence electrons. The standard InChI is InChI=1S/C16H20N2O5S/c1-2-18-14-8-7-12(11-13(14)15(19)23-16(18)20)24(21,22)17-9-5-3-4-6-10-17/h7-8,11H,2-6,9-10H2,1H3. The molecule has 1 aliphatic rings. The minimum atomic E-state index is -3.66. The molecule has 1 saturated heterocycles. The average molecular weight is 352 g/mol. The van der Waals surface area contributed by atoms with Crippen molar-refractivity contribution in [1.29, 1.82) is 0 Å². The van der Waals surface area contributed by atoms with E-state index >= 15 is 0 Å². The fraction of sp³-hybridized carbons (Fsp3) is 0.500. The SMILES string of the molecule is CCn1c(=O)oc(=O)c2cc(S(=O)(=O)N3CCCCCC3)ccc21. The zero-order chi connectivity index (χ0) is 17.3. The molecule has 0 aliphatic carbocycles. The zero-order valence-corrected chi connectivity index (χ0v) is 14.3. The first-order chi connectivity index (χ1) is 11.4. The summed E-state index contributed by atoms with van der Waals surface area (Å²) in [5.41, 5.74) is -0.429. The Bertz CT molecular complexity index is 966. The highest BCUT2D eigenvalue weighted by atomic mass is 32.2.